The molecule has 1 atom stereocenters. The van der Waals surface area contributed by atoms with Gasteiger partial charge in [-0.3, -0.25) is 0 Å². The molecule has 2 rings (SSSR count). The Hall–Kier alpha value is -0.930. The molecule has 106 valence electrons. The fourth-order valence-corrected chi connectivity index (χ4v) is 2.84. The predicted octanol–water partition coefficient (Wildman–Crippen LogP) is 3.56. The molecule has 0 aliphatic heterocycles. The summed E-state index contributed by atoms with van der Waals surface area (Å²) in [6, 6.07) is 6.74. The molecular weight excluding hydrogens is 241 g/mol. The van der Waals surface area contributed by atoms with Crippen molar-refractivity contribution in [3.63, 3.8) is 0 Å². The predicted molar refractivity (Wildman–Crippen MR) is 75.5 cm³/mol. The third kappa shape index (κ3) is 4.02. The van der Waals surface area contributed by atoms with E-state index in [2.05, 4.69) is 5.32 Å². The molecule has 1 aromatic carbocycles. The van der Waals surface area contributed by atoms with Crippen molar-refractivity contribution in [2.75, 3.05) is 6.54 Å². The smallest absolute Gasteiger partial charge is 0.127 e. The van der Waals surface area contributed by atoms with Crippen molar-refractivity contribution in [2.24, 2.45) is 0 Å². The lowest BCUT2D eigenvalue weighted by Gasteiger charge is -2.29. The summed E-state index contributed by atoms with van der Waals surface area (Å²) in [6.45, 7) is 2.49. The average Bonchev–Trinajstić information content (AvgIpc) is 2.62. The van der Waals surface area contributed by atoms with E-state index >= 15 is 0 Å². The van der Waals surface area contributed by atoms with Crippen molar-refractivity contribution in [3.05, 3.63) is 35.6 Å². The van der Waals surface area contributed by atoms with Crippen LogP contribution in [0.5, 0.6) is 0 Å². The lowest BCUT2D eigenvalue weighted by Crippen LogP contribution is -2.41. The highest BCUT2D eigenvalue weighted by atomic mass is 19.1. The fraction of sp³-hybridized carbons (Fsp3) is 0.625. The Balaban J connectivity index is 1.92. The molecule has 2 nitrogen and oxygen atoms in total. The zero-order valence-electron chi connectivity index (χ0n) is 11.7. The molecule has 0 bridgehead atoms. The van der Waals surface area contributed by atoms with E-state index in [0.717, 1.165) is 25.7 Å². The lowest BCUT2D eigenvalue weighted by atomic mass is 9.94. The van der Waals surface area contributed by atoms with Crippen LogP contribution in [0.3, 0.4) is 0 Å². The zero-order chi connectivity index (χ0) is 13.7. The first-order chi connectivity index (χ1) is 9.11. The highest BCUT2D eigenvalue weighted by Crippen LogP contribution is 2.27. The molecule has 0 unspecified atom stereocenters. The molecule has 0 heterocycles. The van der Waals surface area contributed by atoms with Crippen molar-refractivity contribution in [1.29, 1.82) is 0 Å². The number of hydrogen-bond donors (Lipinski definition) is 2. The van der Waals surface area contributed by atoms with Gasteiger partial charge in [-0.1, -0.05) is 43.9 Å². The summed E-state index contributed by atoms with van der Waals surface area (Å²) in [5.74, 6) is -0.185. The van der Waals surface area contributed by atoms with Gasteiger partial charge in [0, 0.05) is 18.2 Å². The Labute approximate surface area is 115 Å². The highest BCUT2D eigenvalue weighted by molar-refractivity contribution is 5.20. The Morgan fingerprint density at radius 1 is 1.21 bits per heavy atom. The number of benzene rings is 1. The van der Waals surface area contributed by atoms with E-state index in [1.807, 2.05) is 13.0 Å². The minimum atomic E-state index is -0.615. The molecule has 1 aliphatic carbocycles. The van der Waals surface area contributed by atoms with Crippen LogP contribution >= 0.6 is 0 Å². The quantitative estimate of drug-likeness (QED) is 0.816. The Kier molecular flexibility index (Phi) is 4.94. The Morgan fingerprint density at radius 3 is 2.47 bits per heavy atom. The van der Waals surface area contributed by atoms with Gasteiger partial charge in [-0.25, -0.2) is 4.39 Å². The standard InChI is InChI=1S/C16H24FNO/c1-13(14-8-4-5-9-15(14)17)18-12-16(19)10-6-2-3-7-11-16/h4-5,8-9,13,18-19H,2-3,6-7,10-12H2,1H3/t13-/m1/s1. The maximum absolute atomic E-state index is 13.7. The maximum Gasteiger partial charge on any atom is 0.127 e. The minimum Gasteiger partial charge on any atom is -0.389 e. The van der Waals surface area contributed by atoms with Crippen LogP contribution < -0.4 is 5.32 Å². The first-order valence-corrected chi connectivity index (χ1v) is 7.31. The number of aliphatic hydroxyl groups is 1. The molecule has 0 amide bonds. The summed E-state index contributed by atoms with van der Waals surface area (Å²) in [7, 11) is 0. The van der Waals surface area contributed by atoms with Crippen LogP contribution in [-0.4, -0.2) is 17.3 Å². The SMILES string of the molecule is C[C@@H](NCC1(O)CCCCCC1)c1ccccc1F. The molecule has 0 saturated heterocycles. The van der Waals surface area contributed by atoms with Crippen LogP contribution in [0.25, 0.3) is 0 Å². The van der Waals surface area contributed by atoms with Crippen LogP contribution in [0.4, 0.5) is 4.39 Å². The Morgan fingerprint density at radius 2 is 1.84 bits per heavy atom. The highest BCUT2D eigenvalue weighted by Gasteiger charge is 2.28. The fourth-order valence-electron chi connectivity index (χ4n) is 2.84. The van der Waals surface area contributed by atoms with Crippen molar-refractivity contribution in [2.45, 2.75) is 57.1 Å². The lowest BCUT2D eigenvalue weighted by molar-refractivity contribution is 0.0230. The van der Waals surface area contributed by atoms with E-state index in [-0.39, 0.29) is 11.9 Å². The molecule has 1 fully saturated rings. The summed E-state index contributed by atoms with van der Waals surface area (Å²) in [6.07, 6.45) is 6.31. The molecule has 19 heavy (non-hydrogen) atoms. The van der Waals surface area contributed by atoms with E-state index in [1.165, 1.54) is 18.9 Å². The molecule has 2 N–H and O–H groups in total. The van der Waals surface area contributed by atoms with Gasteiger partial charge in [-0.05, 0) is 25.8 Å². The van der Waals surface area contributed by atoms with Crippen LogP contribution in [0.2, 0.25) is 0 Å². The molecule has 0 radical (unpaired) electrons. The normalized spacial score (nSPS) is 20.8. The van der Waals surface area contributed by atoms with Crippen molar-refractivity contribution in [3.8, 4) is 0 Å². The van der Waals surface area contributed by atoms with E-state index in [9.17, 15) is 9.50 Å². The van der Waals surface area contributed by atoms with Gasteiger partial charge >= 0.3 is 0 Å². The van der Waals surface area contributed by atoms with Crippen LogP contribution in [0, 0.1) is 5.82 Å². The second-order valence-corrected chi connectivity index (χ2v) is 5.76. The van der Waals surface area contributed by atoms with Crippen molar-refractivity contribution in [1.82, 2.24) is 5.32 Å². The monoisotopic (exact) mass is 265 g/mol. The number of nitrogens with one attached hydrogen (secondary N) is 1. The van der Waals surface area contributed by atoms with E-state index < -0.39 is 5.60 Å². The van der Waals surface area contributed by atoms with E-state index in [4.69, 9.17) is 0 Å². The molecule has 1 aliphatic rings. The summed E-state index contributed by atoms with van der Waals surface area (Å²) < 4.78 is 13.7. The topological polar surface area (TPSA) is 32.3 Å². The van der Waals surface area contributed by atoms with Gasteiger partial charge in [0.15, 0.2) is 0 Å². The number of halogens is 1. The first kappa shape index (κ1) is 14.5. The summed E-state index contributed by atoms with van der Waals surface area (Å²) in [5, 5.41) is 13.8. The summed E-state index contributed by atoms with van der Waals surface area (Å²) in [5.41, 5.74) is 0.0513. The van der Waals surface area contributed by atoms with Crippen molar-refractivity contribution >= 4 is 0 Å². The maximum atomic E-state index is 13.7. The second kappa shape index (κ2) is 6.49. The molecule has 0 aromatic heterocycles. The minimum absolute atomic E-state index is 0.0755. The van der Waals surface area contributed by atoms with Gasteiger partial charge in [0.2, 0.25) is 0 Å². The van der Waals surface area contributed by atoms with E-state index in [1.54, 1.807) is 12.1 Å². The molecule has 1 aromatic rings. The number of rotatable bonds is 4. The van der Waals surface area contributed by atoms with E-state index in [0.29, 0.717) is 12.1 Å². The van der Waals surface area contributed by atoms with Gasteiger partial charge in [-0.2, -0.15) is 0 Å². The summed E-state index contributed by atoms with van der Waals surface area (Å²) in [4.78, 5) is 0. The third-order valence-corrected chi connectivity index (χ3v) is 4.14. The second-order valence-electron chi connectivity index (χ2n) is 5.76. The first-order valence-electron chi connectivity index (χ1n) is 7.31. The molecule has 3 heteroatoms. The largest absolute Gasteiger partial charge is 0.389 e. The third-order valence-electron chi connectivity index (χ3n) is 4.14. The molecule has 0 spiro atoms. The summed E-state index contributed by atoms with van der Waals surface area (Å²) >= 11 is 0. The van der Waals surface area contributed by atoms with Crippen molar-refractivity contribution < 1.29 is 9.50 Å². The van der Waals surface area contributed by atoms with Gasteiger partial charge in [0.25, 0.3) is 0 Å². The van der Waals surface area contributed by atoms with Crippen LogP contribution in [-0.2, 0) is 0 Å². The zero-order valence-corrected chi connectivity index (χ0v) is 11.7. The van der Waals surface area contributed by atoms with Gasteiger partial charge in [0.05, 0.1) is 5.60 Å². The van der Waals surface area contributed by atoms with Gasteiger partial charge < -0.3 is 10.4 Å². The Bertz CT molecular complexity index is 399. The van der Waals surface area contributed by atoms with Gasteiger partial charge in [-0.15, -0.1) is 0 Å². The number of hydrogen-bond acceptors (Lipinski definition) is 2. The molecule has 1 saturated carbocycles. The van der Waals surface area contributed by atoms with Crippen LogP contribution in [0.15, 0.2) is 24.3 Å². The van der Waals surface area contributed by atoms with Crippen LogP contribution in [0.1, 0.15) is 57.1 Å². The average molecular weight is 265 g/mol. The van der Waals surface area contributed by atoms with Gasteiger partial charge in [0.1, 0.15) is 5.82 Å². The molecular formula is C16H24FNO.